The van der Waals surface area contributed by atoms with Gasteiger partial charge in [0, 0.05) is 0 Å². The molecule has 3 aromatic rings. The molecule has 2 aromatic carbocycles. The number of aromatic nitrogens is 1. The van der Waals surface area contributed by atoms with Crippen molar-refractivity contribution >= 4 is 0 Å². The molecule has 0 N–H and O–H groups in total. The summed E-state index contributed by atoms with van der Waals surface area (Å²) in [5.41, 5.74) is -0.848. The molecule has 0 fully saturated rings. The molecule has 0 aliphatic heterocycles. The van der Waals surface area contributed by atoms with Gasteiger partial charge in [0.05, 0.1) is 24.4 Å². The zero-order chi connectivity index (χ0) is 23.3. The van der Waals surface area contributed by atoms with Gasteiger partial charge in [-0.05, 0) is 54.8 Å². The number of benzene rings is 2. The van der Waals surface area contributed by atoms with Gasteiger partial charge < -0.3 is 9.30 Å². The van der Waals surface area contributed by atoms with E-state index in [4.69, 9.17) is 4.74 Å². The monoisotopic (exact) mass is 440 g/mol. The first-order valence-electron chi connectivity index (χ1n) is 10.3. The Hall–Kier alpha value is -3.53. The molecule has 32 heavy (non-hydrogen) atoms. The summed E-state index contributed by atoms with van der Waals surface area (Å²) in [5.74, 6) is 0.597. The summed E-state index contributed by atoms with van der Waals surface area (Å²) < 4.78 is 47.7. The fourth-order valence-electron chi connectivity index (χ4n) is 3.31. The minimum absolute atomic E-state index is 0.0377. The molecule has 7 heteroatoms. The first kappa shape index (κ1) is 23.1. The van der Waals surface area contributed by atoms with Crippen molar-refractivity contribution in [3.8, 4) is 23.1 Å². The van der Waals surface area contributed by atoms with E-state index < -0.39 is 22.9 Å². The van der Waals surface area contributed by atoms with E-state index in [1.54, 1.807) is 36.4 Å². The molecule has 1 aromatic heterocycles. The molecule has 0 saturated carbocycles. The topological polar surface area (TPSA) is 55.0 Å². The molecule has 0 amide bonds. The van der Waals surface area contributed by atoms with E-state index in [2.05, 4.69) is 0 Å². The molecule has 0 aliphatic rings. The van der Waals surface area contributed by atoms with Crippen LogP contribution in [0.15, 0.2) is 59.4 Å². The third-order valence-electron chi connectivity index (χ3n) is 5.10. The Kier molecular flexibility index (Phi) is 7.04. The van der Waals surface area contributed by atoms with Gasteiger partial charge in [-0.25, -0.2) is 0 Å². The van der Waals surface area contributed by atoms with E-state index in [0.717, 1.165) is 30.0 Å². The zero-order valence-electron chi connectivity index (χ0n) is 17.9. The van der Waals surface area contributed by atoms with E-state index in [-0.39, 0.29) is 12.2 Å². The second-order valence-electron chi connectivity index (χ2n) is 7.53. The lowest BCUT2D eigenvalue weighted by atomic mass is 10.0. The van der Waals surface area contributed by atoms with E-state index in [0.29, 0.717) is 17.9 Å². The normalized spacial score (nSPS) is 11.2. The van der Waals surface area contributed by atoms with Crippen LogP contribution < -0.4 is 10.3 Å². The lowest BCUT2D eigenvalue weighted by Crippen LogP contribution is -2.28. The number of hydrogen-bond donors (Lipinski definition) is 0. The second-order valence-corrected chi connectivity index (χ2v) is 7.53. The number of nitrogens with zero attached hydrogens (tertiary/aromatic N) is 2. The van der Waals surface area contributed by atoms with Crippen molar-refractivity contribution in [1.29, 1.82) is 5.26 Å². The summed E-state index contributed by atoms with van der Waals surface area (Å²) in [6, 6.07) is 16.2. The standard InChI is InChI=1S/C25H23F3N2O2/c1-3-4-13-32-20-11-9-19(10-12-20)23-14-22(25(26,27)28)21(15-29)24(31)30(23)16-18-7-5-17(2)6-8-18/h5-12,14H,3-4,13,16H2,1-2H3. The smallest absolute Gasteiger partial charge is 0.417 e. The molecule has 0 bridgehead atoms. The predicted octanol–water partition coefficient (Wildman–Crippen LogP) is 5.94. The molecule has 0 radical (unpaired) electrons. The van der Waals surface area contributed by atoms with Crippen molar-refractivity contribution in [1.82, 2.24) is 4.57 Å². The van der Waals surface area contributed by atoms with Gasteiger partial charge in [0.15, 0.2) is 0 Å². The maximum absolute atomic E-state index is 13.6. The van der Waals surface area contributed by atoms with Gasteiger partial charge in [-0.2, -0.15) is 18.4 Å². The van der Waals surface area contributed by atoms with Crippen LogP contribution in [0.25, 0.3) is 11.3 Å². The number of alkyl halides is 3. The van der Waals surface area contributed by atoms with E-state index >= 15 is 0 Å². The van der Waals surface area contributed by atoms with Crippen molar-refractivity contribution in [3.63, 3.8) is 0 Å². The largest absolute Gasteiger partial charge is 0.494 e. The van der Waals surface area contributed by atoms with E-state index in [9.17, 15) is 23.2 Å². The maximum atomic E-state index is 13.6. The number of unbranched alkanes of at least 4 members (excludes halogenated alkanes) is 1. The SMILES string of the molecule is CCCCOc1ccc(-c2cc(C(F)(F)F)c(C#N)c(=O)n2Cc2ccc(C)cc2)cc1. The third kappa shape index (κ3) is 5.20. The van der Waals surface area contributed by atoms with Gasteiger partial charge in [0.1, 0.15) is 17.4 Å². The highest BCUT2D eigenvalue weighted by Gasteiger charge is 2.36. The number of ether oxygens (including phenoxy) is 1. The van der Waals surface area contributed by atoms with Gasteiger partial charge in [-0.15, -0.1) is 0 Å². The average molecular weight is 440 g/mol. The number of aryl methyl sites for hydroxylation is 1. The maximum Gasteiger partial charge on any atom is 0.417 e. The van der Waals surface area contributed by atoms with Crippen molar-refractivity contribution in [2.24, 2.45) is 0 Å². The first-order chi connectivity index (χ1) is 15.2. The quantitative estimate of drug-likeness (QED) is 0.427. The average Bonchev–Trinajstić information content (AvgIpc) is 2.76. The molecule has 0 aliphatic carbocycles. The van der Waals surface area contributed by atoms with Gasteiger partial charge in [-0.1, -0.05) is 43.2 Å². The number of nitriles is 1. The van der Waals surface area contributed by atoms with Gasteiger partial charge in [0.25, 0.3) is 5.56 Å². The number of pyridine rings is 1. The minimum Gasteiger partial charge on any atom is -0.494 e. The Balaban J connectivity index is 2.13. The van der Waals surface area contributed by atoms with Crippen molar-refractivity contribution < 1.29 is 17.9 Å². The van der Waals surface area contributed by atoms with Crippen molar-refractivity contribution in [2.45, 2.75) is 39.4 Å². The molecule has 0 saturated heterocycles. The van der Waals surface area contributed by atoms with Crippen LogP contribution in [0.4, 0.5) is 13.2 Å². The predicted molar refractivity (Wildman–Crippen MR) is 117 cm³/mol. The number of halogens is 3. The van der Waals surface area contributed by atoms with Crippen LogP contribution in [0.2, 0.25) is 0 Å². The highest BCUT2D eigenvalue weighted by atomic mass is 19.4. The molecule has 0 atom stereocenters. The van der Waals surface area contributed by atoms with Crippen molar-refractivity contribution in [3.05, 3.63) is 87.2 Å². The lowest BCUT2D eigenvalue weighted by Gasteiger charge is -2.18. The van der Waals surface area contributed by atoms with Crippen LogP contribution in [0.3, 0.4) is 0 Å². The summed E-state index contributed by atoms with van der Waals surface area (Å²) in [6.07, 6.45) is -2.96. The Morgan fingerprint density at radius 3 is 2.28 bits per heavy atom. The van der Waals surface area contributed by atoms with Gasteiger partial charge in [0.2, 0.25) is 0 Å². The molecule has 166 valence electrons. The van der Waals surface area contributed by atoms with Crippen LogP contribution in [0, 0.1) is 18.3 Å². The van der Waals surface area contributed by atoms with Crippen LogP contribution in [-0.4, -0.2) is 11.2 Å². The highest BCUT2D eigenvalue weighted by Crippen LogP contribution is 2.34. The molecule has 0 spiro atoms. The summed E-state index contributed by atoms with van der Waals surface area (Å²) in [6.45, 7) is 4.54. The Morgan fingerprint density at radius 1 is 1.06 bits per heavy atom. The van der Waals surface area contributed by atoms with E-state index in [1.807, 2.05) is 26.0 Å². The van der Waals surface area contributed by atoms with Gasteiger partial charge in [-0.3, -0.25) is 4.79 Å². The summed E-state index contributed by atoms with van der Waals surface area (Å²) in [4.78, 5) is 13.0. The third-order valence-corrected chi connectivity index (χ3v) is 5.10. The Morgan fingerprint density at radius 2 is 1.72 bits per heavy atom. The molecule has 4 nitrogen and oxygen atoms in total. The Labute approximate surface area is 184 Å². The second kappa shape index (κ2) is 9.73. The molecule has 3 rings (SSSR count). The molecular weight excluding hydrogens is 417 g/mol. The fourth-order valence-corrected chi connectivity index (χ4v) is 3.31. The fraction of sp³-hybridized carbons (Fsp3) is 0.280. The number of hydrogen-bond acceptors (Lipinski definition) is 3. The lowest BCUT2D eigenvalue weighted by molar-refractivity contribution is -0.137. The van der Waals surface area contributed by atoms with Crippen LogP contribution in [0.5, 0.6) is 5.75 Å². The minimum atomic E-state index is -4.83. The Bertz CT molecular complexity index is 1170. The van der Waals surface area contributed by atoms with Crippen LogP contribution in [0.1, 0.15) is 42.0 Å². The number of rotatable bonds is 7. The summed E-state index contributed by atoms with van der Waals surface area (Å²) in [5, 5.41) is 9.31. The summed E-state index contributed by atoms with van der Waals surface area (Å²) in [7, 11) is 0. The molecule has 0 unspecified atom stereocenters. The van der Waals surface area contributed by atoms with Crippen molar-refractivity contribution in [2.75, 3.05) is 6.61 Å². The summed E-state index contributed by atoms with van der Waals surface area (Å²) >= 11 is 0. The van der Waals surface area contributed by atoms with Crippen LogP contribution in [-0.2, 0) is 12.7 Å². The highest BCUT2D eigenvalue weighted by molar-refractivity contribution is 5.63. The van der Waals surface area contributed by atoms with Gasteiger partial charge >= 0.3 is 6.18 Å². The van der Waals surface area contributed by atoms with E-state index in [1.165, 1.54) is 10.6 Å². The zero-order valence-corrected chi connectivity index (χ0v) is 17.9. The first-order valence-corrected chi connectivity index (χ1v) is 10.3. The molecule has 1 heterocycles. The van der Waals surface area contributed by atoms with Crippen LogP contribution >= 0.6 is 0 Å². The molecular formula is C25H23F3N2O2.